The van der Waals surface area contributed by atoms with Gasteiger partial charge in [-0.3, -0.25) is 9.05 Å². The topological polar surface area (TPSA) is 38.8 Å². The van der Waals surface area contributed by atoms with Gasteiger partial charge in [0.05, 0.1) is 13.2 Å². The molecular formula is C27H36NO3P. The Labute approximate surface area is 193 Å². The lowest BCUT2D eigenvalue weighted by Crippen LogP contribution is -2.33. The Kier molecular flexibility index (Phi) is 6.28. The van der Waals surface area contributed by atoms with Crippen LogP contribution in [0.15, 0.2) is 42.5 Å². The summed E-state index contributed by atoms with van der Waals surface area (Å²) in [4.78, 5) is 0. The van der Waals surface area contributed by atoms with E-state index in [1.807, 2.05) is 12.1 Å². The highest BCUT2D eigenvalue weighted by Gasteiger charge is 2.37. The third kappa shape index (κ3) is 4.65. The summed E-state index contributed by atoms with van der Waals surface area (Å²) in [5, 5.41) is 0. The molecule has 5 heteroatoms. The molecule has 0 radical (unpaired) electrons. The first-order valence-electron chi connectivity index (χ1n) is 11.5. The van der Waals surface area contributed by atoms with Crippen molar-refractivity contribution in [3.63, 3.8) is 0 Å². The van der Waals surface area contributed by atoms with Crippen LogP contribution in [-0.4, -0.2) is 24.9 Å². The molecule has 2 aromatic carbocycles. The van der Waals surface area contributed by atoms with E-state index in [4.69, 9.17) is 9.05 Å². The lowest BCUT2D eigenvalue weighted by atomic mass is 9.63. The number of allylic oxidation sites excluding steroid dienone is 1. The van der Waals surface area contributed by atoms with Crippen molar-refractivity contribution in [1.82, 2.24) is 4.67 Å². The molecule has 1 saturated heterocycles. The molecule has 1 fully saturated rings. The standard InChI is InChI=1S/C27H36NO3P/c1-20(23-11-12-24-25(18-23)27(4,5)14-13-26(24,2)3)17-21-7-9-22(10-8-21)19-31-32(29)28(6)15-16-30-32/h7-12,17-18H,13-16,19H2,1-6H3/b20-17+. The normalized spacial score (nSPS) is 25.0. The molecule has 0 aromatic heterocycles. The number of likely N-dealkylation sites (N-methyl/N-ethyl adjacent to an activating group) is 1. The number of nitrogens with zero attached hydrogens (tertiary/aromatic N) is 1. The minimum atomic E-state index is -3.11. The maximum Gasteiger partial charge on any atom is 0.408 e. The number of rotatable bonds is 5. The average Bonchev–Trinajstić information content (AvgIpc) is 3.09. The highest BCUT2D eigenvalue weighted by molar-refractivity contribution is 7.51. The van der Waals surface area contributed by atoms with Crippen molar-refractivity contribution < 1.29 is 13.6 Å². The van der Waals surface area contributed by atoms with Crippen LogP contribution >= 0.6 is 7.75 Å². The van der Waals surface area contributed by atoms with Gasteiger partial charge in [0.25, 0.3) is 0 Å². The predicted molar refractivity (Wildman–Crippen MR) is 133 cm³/mol. The van der Waals surface area contributed by atoms with E-state index in [1.54, 1.807) is 11.7 Å². The molecule has 1 heterocycles. The van der Waals surface area contributed by atoms with E-state index in [0.29, 0.717) is 13.2 Å². The van der Waals surface area contributed by atoms with Gasteiger partial charge in [-0.2, -0.15) is 0 Å². The number of hydrogen-bond donors (Lipinski definition) is 0. The summed E-state index contributed by atoms with van der Waals surface area (Å²) >= 11 is 0. The van der Waals surface area contributed by atoms with Gasteiger partial charge in [0, 0.05) is 6.54 Å². The summed E-state index contributed by atoms with van der Waals surface area (Å²) in [7, 11) is -1.34. The molecule has 0 bridgehead atoms. The second-order valence-electron chi connectivity index (χ2n) is 10.6. The first-order chi connectivity index (χ1) is 15.0. The zero-order chi connectivity index (χ0) is 23.1. The van der Waals surface area contributed by atoms with Crippen LogP contribution < -0.4 is 0 Å². The van der Waals surface area contributed by atoms with E-state index >= 15 is 0 Å². The van der Waals surface area contributed by atoms with E-state index in [-0.39, 0.29) is 17.4 Å². The lowest BCUT2D eigenvalue weighted by Gasteiger charge is -2.42. The van der Waals surface area contributed by atoms with Crippen LogP contribution in [0.25, 0.3) is 11.6 Å². The molecule has 2 aromatic rings. The van der Waals surface area contributed by atoms with Crippen molar-refractivity contribution in [2.24, 2.45) is 0 Å². The van der Waals surface area contributed by atoms with Gasteiger partial charge in [0.1, 0.15) is 0 Å². The van der Waals surface area contributed by atoms with Gasteiger partial charge in [-0.1, -0.05) is 76.2 Å². The van der Waals surface area contributed by atoms with Gasteiger partial charge < -0.3 is 0 Å². The molecule has 1 atom stereocenters. The van der Waals surface area contributed by atoms with Gasteiger partial charge in [0.2, 0.25) is 0 Å². The van der Waals surface area contributed by atoms with Gasteiger partial charge in [-0.15, -0.1) is 0 Å². The van der Waals surface area contributed by atoms with Crippen molar-refractivity contribution in [1.29, 1.82) is 0 Å². The summed E-state index contributed by atoms with van der Waals surface area (Å²) in [5.41, 5.74) is 8.08. The van der Waals surface area contributed by atoms with Gasteiger partial charge >= 0.3 is 7.75 Å². The molecule has 4 nitrogen and oxygen atoms in total. The first kappa shape index (κ1) is 23.4. The molecule has 4 rings (SSSR count). The maximum absolute atomic E-state index is 12.5. The molecular weight excluding hydrogens is 417 g/mol. The van der Waals surface area contributed by atoms with Crippen molar-refractivity contribution >= 4 is 19.4 Å². The third-order valence-corrected chi connectivity index (χ3v) is 9.15. The number of fused-ring (bicyclic) bond motifs is 1. The Balaban J connectivity index is 1.50. The second-order valence-corrected chi connectivity index (χ2v) is 12.7. The van der Waals surface area contributed by atoms with Gasteiger partial charge in [0.15, 0.2) is 0 Å². The highest BCUT2D eigenvalue weighted by Crippen LogP contribution is 2.54. The van der Waals surface area contributed by atoms with Crippen LogP contribution in [0.4, 0.5) is 0 Å². The van der Waals surface area contributed by atoms with E-state index in [9.17, 15) is 4.57 Å². The Morgan fingerprint density at radius 2 is 1.72 bits per heavy atom. The monoisotopic (exact) mass is 453 g/mol. The number of benzene rings is 2. The quantitative estimate of drug-likeness (QED) is 0.355. The van der Waals surface area contributed by atoms with Gasteiger partial charge in [-0.05, 0) is 71.0 Å². The summed E-state index contributed by atoms with van der Waals surface area (Å²) in [6, 6.07) is 15.2. The van der Waals surface area contributed by atoms with Gasteiger partial charge in [-0.25, -0.2) is 9.24 Å². The second kappa shape index (κ2) is 8.57. The van der Waals surface area contributed by atoms with E-state index in [2.05, 4.69) is 71.0 Å². The Morgan fingerprint density at radius 3 is 2.34 bits per heavy atom. The lowest BCUT2D eigenvalue weighted by molar-refractivity contribution is 0.209. The fourth-order valence-electron chi connectivity index (χ4n) is 4.68. The van der Waals surface area contributed by atoms with Crippen LogP contribution in [0, 0.1) is 0 Å². The van der Waals surface area contributed by atoms with Crippen molar-refractivity contribution in [3.05, 3.63) is 70.3 Å². The first-order valence-corrected chi connectivity index (χ1v) is 13.0. The predicted octanol–water partition coefficient (Wildman–Crippen LogP) is 7.18. The molecule has 0 N–H and O–H groups in total. The van der Waals surface area contributed by atoms with Crippen molar-refractivity contribution in [2.75, 3.05) is 20.2 Å². The zero-order valence-corrected chi connectivity index (χ0v) is 21.2. The molecule has 172 valence electrons. The Hall–Kier alpha value is -1.71. The summed E-state index contributed by atoms with van der Waals surface area (Å²) in [5.74, 6) is 0. The minimum absolute atomic E-state index is 0.210. The molecule has 0 amide bonds. The summed E-state index contributed by atoms with van der Waals surface area (Å²) in [6.07, 6.45) is 4.68. The maximum atomic E-state index is 12.5. The van der Waals surface area contributed by atoms with Crippen molar-refractivity contribution in [3.8, 4) is 0 Å². The van der Waals surface area contributed by atoms with Crippen LogP contribution in [0.1, 0.15) is 75.3 Å². The Morgan fingerprint density at radius 1 is 1.06 bits per heavy atom. The summed E-state index contributed by atoms with van der Waals surface area (Å²) in [6.45, 7) is 13.0. The van der Waals surface area contributed by atoms with Crippen LogP contribution in [0.2, 0.25) is 0 Å². The molecule has 32 heavy (non-hydrogen) atoms. The fraction of sp³-hybridized carbons (Fsp3) is 0.481. The third-order valence-electron chi connectivity index (χ3n) is 7.15. The van der Waals surface area contributed by atoms with E-state index in [0.717, 1.165) is 11.1 Å². The molecule has 1 unspecified atom stereocenters. The molecule has 1 aliphatic carbocycles. The van der Waals surface area contributed by atoms with E-state index in [1.165, 1.54) is 35.1 Å². The smallest absolute Gasteiger partial charge is 0.295 e. The van der Waals surface area contributed by atoms with Crippen LogP contribution in [-0.2, 0) is 31.0 Å². The molecule has 0 saturated carbocycles. The fourth-order valence-corrected chi connectivity index (χ4v) is 6.10. The minimum Gasteiger partial charge on any atom is -0.295 e. The SMILES string of the molecule is C/C(=C\c1ccc(COP2(=O)OCCN2C)cc1)c1ccc2c(c1)C(C)(C)CCC2(C)C. The molecule has 1 aliphatic heterocycles. The zero-order valence-electron chi connectivity index (χ0n) is 20.3. The van der Waals surface area contributed by atoms with Crippen LogP contribution in [0.3, 0.4) is 0 Å². The largest absolute Gasteiger partial charge is 0.408 e. The van der Waals surface area contributed by atoms with Crippen molar-refractivity contribution in [2.45, 2.75) is 64.9 Å². The van der Waals surface area contributed by atoms with E-state index < -0.39 is 7.75 Å². The molecule has 0 spiro atoms. The average molecular weight is 454 g/mol. The highest BCUT2D eigenvalue weighted by atomic mass is 31.2. The summed E-state index contributed by atoms with van der Waals surface area (Å²) < 4.78 is 25.1. The Bertz CT molecular complexity index is 1070. The number of hydrogen-bond acceptors (Lipinski definition) is 3. The van der Waals surface area contributed by atoms with Crippen LogP contribution in [0.5, 0.6) is 0 Å². The molecule has 2 aliphatic rings.